The number of likely N-dealkylation sites (tertiary alicyclic amines) is 1. The predicted molar refractivity (Wildman–Crippen MR) is 91.3 cm³/mol. The van der Waals surface area contributed by atoms with Crippen LogP contribution in [-0.4, -0.2) is 43.0 Å². The van der Waals surface area contributed by atoms with Crippen molar-refractivity contribution < 1.29 is 23.1 Å². The van der Waals surface area contributed by atoms with Crippen molar-refractivity contribution >= 4 is 11.9 Å². The molecule has 1 aromatic carbocycles. The standard InChI is InChI=1S/C19H24F2N2O3/c1-26-19(25)12-3-2-6-23(10-12)18(24)9-17(22)13-5-4-11-7-15(20)16(21)8-14(11)13/h7-8,12-13,17H,2-6,9-10,22H2,1H3/t12?,13-,17-/m0/s1. The van der Waals surface area contributed by atoms with Crippen molar-refractivity contribution in [2.45, 2.75) is 44.1 Å². The maximum atomic E-state index is 13.6. The van der Waals surface area contributed by atoms with Gasteiger partial charge in [0.1, 0.15) is 0 Å². The van der Waals surface area contributed by atoms with E-state index in [4.69, 9.17) is 10.5 Å². The Balaban J connectivity index is 1.64. The van der Waals surface area contributed by atoms with Crippen LogP contribution in [0.25, 0.3) is 0 Å². The summed E-state index contributed by atoms with van der Waals surface area (Å²) in [5.41, 5.74) is 7.72. The fourth-order valence-corrected chi connectivity index (χ4v) is 4.11. The smallest absolute Gasteiger partial charge is 0.310 e. The number of piperidine rings is 1. The maximum absolute atomic E-state index is 13.6. The summed E-state index contributed by atoms with van der Waals surface area (Å²) in [7, 11) is 1.35. The first-order valence-corrected chi connectivity index (χ1v) is 8.99. The van der Waals surface area contributed by atoms with Crippen LogP contribution in [0.1, 0.15) is 42.7 Å². The van der Waals surface area contributed by atoms with Crippen molar-refractivity contribution in [3.63, 3.8) is 0 Å². The number of hydrogen-bond acceptors (Lipinski definition) is 4. The van der Waals surface area contributed by atoms with E-state index in [2.05, 4.69) is 0 Å². The van der Waals surface area contributed by atoms with Gasteiger partial charge in [0, 0.05) is 31.5 Å². The highest BCUT2D eigenvalue weighted by Gasteiger charge is 2.33. The summed E-state index contributed by atoms with van der Waals surface area (Å²) in [4.78, 5) is 26.0. The van der Waals surface area contributed by atoms with Gasteiger partial charge in [0.05, 0.1) is 13.0 Å². The van der Waals surface area contributed by atoms with E-state index < -0.39 is 17.7 Å². The normalized spacial score (nSPS) is 23.5. The molecule has 3 atom stereocenters. The summed E-state index contributed by atoms with van der Waals surface area (Å²) in [5.74, 6) is -2.60. The summed E-state index contributed by atoms with van der Waals surface area (Å²) < 4.78 is 31.7. The number of nitrogens with zero attached hydrogens (tertiary/aromatic N) is 1. The molecule has 1 heterocycles. The van der Waals surface area contributed by atoms with Gasteiger partial charge in [0.15, 0.2) is 11.6 Å². The Morgan fingerprint density at radius 1 is 1.31 bits per heavy atom. The first-order valence-electron chi connectivity index (χ1n) is 8.99. The number of carbonyl (C=O) groups is 2. The van der Waals surface area contributed by atoms with Crippen molar-refractivity contribution in [1.82, 2.24) is 4.90 Å². The van der Waals surface area contributed by atoms with Crippen LogP contribution in [-0.2, 0) is 20.7 Å². The van der Waals surface area contributed by atoms with Crippen molar-refractivity contribution in [3.05, 3.63) is 34.9 Å². The Morgan fingerprint density at radius 3 is 2.77 bits per heavy atom. The lowest BCUT2D eigenvalue weighted by Crippen LogP contribution is -2.45. The van der Waals surface area contributed by atoms with E-state index in [0.29, 0.717) is 37.9 Å². The number of esters is 1. The van der Waals surface area contributed by atoms with Crippen LogP contribution in [0.2, 0.25) is 0 Å². The average molecular weight is 366 g/mol. The number of hydrogen-bond donors (Lipinski definition) is 1. The Kier molecular flexibility index (Phi) is 5.55. The van der Waals surface area contributed by atoms with Gasteiger partial charge in [-0.2, -0.15) is 0 Å². The molecule has 7 heteroatoms. The zero-order valence-electron chi connectivity index (χ0n) is 14.8. The number of nitrogens with two attached hydrogens (primary N) is 1. The summed E-state index contributed by atoms with van der Waals surface area (Å²) in [6.45, 7) is 0.944. The summed E-state index contributed by atoms with van der Waals surface area (Å²) in [5, 5.41) is 0. The summed E-state index contributed by atoms with van der Waals surface area (Å²) in [6, 6.07) is 1.97. The third kappa shape index (κ3) is 3.72. The second-order valence-corrected chi connectivity index (χ2v) is 7.18. The molecule has 1 saturated heterocycles. The van der Waals surface area contributed by atoms with Crippen LogP contribution >= 0.6 is 0 Å². The van der Waals surface area contributed by atoms with Gasteiger partial charge in [-0.15, -0.1) is 0 Å². The van der Waals surface area contributed by atoms with E-state index in [1.54, 1.807) is 4.90 Å². The predicted octanol–water partition coefficient (Wildman–Crippen LogP) is 2.12. The van der Waals surface area contributed by atoms with Gasteiger partial charge >= 0.3 is 5.97 Å². The lowest BCUT2D eigenvalue weighted by Gasteiger charge is -2.32. The van der Waals surface area contributed by atoms with Crippen LogP contribution < -0.4 is 5.73 Å². The van der Waals surface area contributed by atoms with Crippen LogP contribution in [0.3, 0.4) is 0 Å². The van der Waals surface area contributed by atoms with E-state index in [0.717, 1.165) is 12.0 Å². The molecule has 1 fully saturated rings. The highest BCUT2D eigenvalue weighted by Crippen LogP contribution is 2.37. The van der Waals surface area contributed by atoms with Gasteiger partial charge < -0.3 is 15.4 Å². The van der Waals surface area contributed by atoms with E-state index in [-0.39, 0.29) is 30.1 Å². The minimum atomic E-state index is -0.883. The molecular formula is C19H24F2N2O3. The molecule has 142 valence electrons. The molecule has 2 N–H and O–H groups in total. The fourth-order valence-electron chi connectivity index (χ4n) is 4.11. The maximum Gasteiger partial charge on any atom is 0.310 e. The molecule has 2 aliphatic rings. The second kappa shape index (κ2) is 7.70. The van der Waals surface area contributed by atoms with E-state index in [1.807, 2.05) is 0 Å². The van der Waals surface area contributed by atoms with Gasteiger partial charge in [-0.1, -0.05) is 0 Å². The number of halogens is 2. The van der Waals surface area contributed by atoms with Gasteiger partial charge in [0.2, 0.25) is 5.91 Å². The lowest BCUT2D eigenvalue weighted by atomic mass is 9.90. The number of fused-ring (bicyclic) bond motifs is 1. The van der Waals surface area contributed by atoms with Crippen LogP contribution in [0.5, 0.6) is 0 Å². The van der Waals surface area contributed by atoms with Crippen LogP contribution in [0.4, 0.5) is 8.78 Å². The number of ether oxygens (including phenoxy) is 1. The zero-order chi connectivity index (χ0) is 18.8. The molecule has 0 saturated carbocycles. The van der Waals surface area contributed by atoms with Gasteiger partial charge in [-0.05, 0) is 48.9 Å². The van der Waals surface area contributed by atoms with Gasteiger partial charge in [0.25, 0.3) is 0 Å². The highest BCUT2D eigenvalue weighted by molar-refractivity contribution is 5.79. The van der Waals surface area contributed by atoms with Gasteiger partial charge in [-0.25, -0.2) is 8.78 Å². The molecule has 0 aromatic heterocycles. The van der Waals surface area contributed by atoms with Crippen LogP contribution in [0, 0.1) is 17.6 Å². The molecule has 3 rings (SSSR count). The summed E-state index contributed by atoms with van der Waals surface area (Å²) >= 11 is 0. The van der Waals surface area contributed by atoms with E-state index >= 15 is 0 Å². The lowest BCUT2D eigenvalue weighted by molar-refractivity contribution is -0.149. The molecule has 1 aliphatic carbocycles. The van der Waals surface area contributed by atoms with Crippen molar-refractivity contribution in [2.75, 3.05) is 20.2 Å². The number of carbonyl (C=O) groups excluding carboxylic acids is 2. The van der Waals surface area contributed by atoms with Gasteiger partial charge in [-0.3, -0.25) is 9.59 Å². The van der Waals surface area contributed by atoms with Crippen molar-refractivity contribution in [3.8, 4) is 0 Å². The zero-order valence-corrected chi connectivity index (χ0v) is 14.8. The SMILES string of the molecule is COC(=O)C1CCCN(C(=O)C[C@H](N)[C@H]2CCc3cc(F)c(F)cc32)C1. The Hall–Kier alpha value is -2.02. The molecule has 0 spiro atoms. The first kappa shape index (κ1) is 18.8. The number of aryl methyl sites for hydroxylation is 1. The van der Waals surface area contributed by atoms with E-state index in [9.17, 15) is 18.4 Å². The molecule has 5 nitrogen and oxygen atoms in total. The molecule has 1 unspecified atom stereocenters. The molecule has 1 aromatic rings. The molecule has 0 bridgehead atoms. The molecule has 0 radical (unpaired) electrons. The minimum Gasteiger partial charge on any atom is -0.469 e. The Labute approximate surface area is 151 Å². The number of methoxy groups -OCH3 is 1. The third-order valence-electron chi connectivity index (χ3n) is 5.54. The fraction of sp³-hybridized carbons (Fsp3) is 0.579. The topological polar surface area (TPSA) is 72.6 Å². The Bertz CT molecular complexity index is 710. The number of amides is 1. The van der Waals surface area contributed by atoms with Crippen molar-refractivity contribution in [1.29, 1.82) is 0 Å². The number of rotatable bonds is 4. The highest BCUT2D eigenvalue weighted by atomic mass is 19.2. The van der Waals surface area contributed by atoms with Crippen LogP contribution in [0.15, 0.2) is 12.1 Å². The summed E-state index contributed by atoms with van der Waals surface area (Å²) in [6.07, 6.45) is 2.89. The molecule has 1 amide bonds. The average Bonchev–Trinajstić information content (AvgIpc) is 3.04. The molecule has 1 aliphatic heterocycles. The quantitative estimate of drug-likeness (QED) is 0.829. The largest absolute Gasteiger partial charge is 0.469 e. The monoisotopic (exact) mass is 366 g/mol. The Morgan fingerprint density at radius 2 is 2.04 bits per heavy atom. The molecule has 26 heavy (non-hydrogen) atoms. The third-order valence-corrected chi connectivity index (χ3v) is 5.54. The molecular weight excluding hydrogens is 342 g/mol. The first-order chi connectivity index (χ1) is 12.4. The second-order valence-electron chi connectivity index (χ2n) is 7.18. The van der Waals surface area contributed by atoms with E-state index in [1.165, 1.54) is 19.2 Å². The number of benzene rings is 1. The van der Waals surface area contributed by atoms with Crippen molar-refractivity contribution in [2.24, 2.45) is 11.7 Å². The minimum absolute atomic E-state index is 0.109.